The molecule has 0 N–H and O–H groups in total. The molecule has 3 rings (SSSR count). The fourth-order valence-corrected chi connectivity index (χ4v) is 3.28. The first-order valence-corrected chi connectivity index (χ1v) is 7.89. The van der Waals surface area contributed by atoms with Crippen molar-refractivity contribution >= 4 is 5.82 Å². The second kappa shape index (κ2) is 6.44. The fraction of sp³-hybridized carbons (Fsp3) is 0.444. The summed E-state index contributed by atoms with van der Waals surface area (Å²) in [5.74, 6) is 3.09. The maximum atomic E-state index is 5.59. The molecular weight excluding hydrogens is 290 g/mol. The highest BCUT2D eigenvalue weighted by Crippen LogP contribution is 2.40. The van der Waals surface area contributed by atoms with Gasteiger partial charge >= 0.3 is 0 Å². The minimum Gasteiger partial charge on any atom is -0.493 e. The van der Waals surface area contributed by atoms with Crippen LogP contribution in [-0.2, 0) is 0 Å². The number of rotatable bonds is 4. The van der Waals surface area contributed by atoms with E-state index in [1.54, 1.807) is 20.5 Å². The Balaban J connectivity index is 1.87. The number of hydrogen-bond acceptors (Lipinski definition) is 5. The molecule has 0 bridgehead atoms. The van der Waals surface area contributed by atoms with Crippen LogP contribution in [0.2, 0.25) is 0 Å². The predicted octanol–water partition coefficient (Wildman–Crippen LogP) is 3.10. The van der Waals surface area contributed by atoms with Gasteiger partial charge in [-0.2, -0.15) is 0 Å². The molecule has 1 aromatic heterocycles. The van der Waals surface area contributed by atoms with Gasteiger partial charge in [0.25, 0.3) is 0 Å². The van der Waals surface area contributed by atoms with Crippen molar-refractivity contribution in [3.63, 3.8) is 0 Å². The normalized spacial score (nSPS) is 17.4. The molecule has 1 saturated heterocycles. The number of methoxy groups -OCH3 is 2. The summed E-state index contributed by atoms with van der Waals surface area (Å²) in [5, 5.41) is 0. The van der Waals surface area contributed by atoms with Gasteiger partial charge < -0.3 is 14.4 Å². The molecule has 1 aliphatic rings. The van der Waals surface area contributed by atoms with Crippen LogP contribution in [0.15, 0.2) is 24.5 Å². The van der Waals surface area contributed by atoms with Crippen molar-refractivity contribution in [3.8, 4) is 11.5 Å². The second-order valence-corrected chi connectivity index (χ2v) is 5.92. The summed E-state index contributed by atoms with van der Waals surface area (Å²) >= 11 is 0. The summed E-state index contributed by atoms with van der Waals surface area (Å²) in [6, 6.07) is 6.10. The van der Waals surface area contributed by atoms with E-state index in [1.165, 1.54) is 5.56 Å². The molecule has 0 unspecified atom stereocenters. The highest BCUT2D eigenvalue weighted by molar-refractivity contribution is 5.52. The molecule has 2 aromatic rings. The number of hydrogen-bond donors (Lipinski definition) is 0. The Morgan fingerprint density at radius 1 is 1.13 bits per heavy atom. The van der Waals surface area contributed by atoms with E-state index in [0.29, 0.717) is 5.92 Å². The van der Waals surface area contributed by atoms with Crippen LogP contribution in [0.5, 0.6) is 11.5 Å². The zero-order valence-corrected chi connectivity index (χ0v) is 14.2. The number of anilines is 1. The van der Waals surface area contributed by atoms with E-state index in [0.717, 1.165) is 48.1 Å². The monoisotopic (exact) mass is 313 g/mol. The number of benzene rings is 1. The number of para-hydroxylation sites is 1. The maximum absolute atomic E-state index is 5.59. The number of aromatic nitrogens is 2. The van der Waals surface area contributed by atoms with Gasteiger partial charge in [-0.05, 0) is 26.3 Å². The van der Waals surface area contributed by atoms with E-state index < -0.39 is 0 Å². The summed E-state index contributed by atoms with van der Waals surface area (Å²) < 4.78 is 11.0. The van der Waals surface area contributed by atoms with Crippen LogP contribution in [0.25, 0.3) is 0 Å². The minimum atomic E-state index is 0.412. The van der Waals surface area contributed by atoms with Crippen molar-refractivity contribution in [2.75, 3.05) is 32.2 Å². The van der Waals surface area contributed by atoms with E-state index in [-0.39, 0.29) is 0 Å². The molecule has 0 radical (unpaired) electrons. The van der Waals surface area contributed by atoms with E-state index in [1.807, 2.05) is 19.1 Å². The molecule has 122 valence electrons. The van der Waals surface area contributed by atoms with Crippen molar-refractivity contribution in [2.24, 2.45) is 0 Å². The van der Waals surface area contributed by atoms with Crippen molar-refractivity contribution in [3.05, 3.63) is 41.3 Å². The lowest BCUT2D eigenvalue weighted by atomic mass is 9.97. The van der Waals surface area contributed by atoms with E-state index >= 15 is 0 Å². The Kier molecular flexibility index (Phi) is 4.37. The van der Waals surface area contributed by atoms with Crippen LogP contribution >= 0.6 is 0 Å². The summed E-state index contributed by atoms with van der Waals surface area (Å²) in [6.45, 7) is 6.03. The molecule has 5 nitrogen and oxygen atoms in total. The molecule has 2 heterocycles. The molecule has 0 aliphatic carbocycles. The molecule has 23 heavy (non-hydrogen) atoms. The standard InChI is InChI=1S/C18H23N3O2/c1-12-13(2)19-11-20-18(12)21-9-8-14(10-21)15-6-5-7-16(22-3)17(15)23-4/h5-7,11,14H,8-10H2,1-4H3/t14-/m0/s1. The van der Waals surface area contributed by atoms with Gasteiger partial charge in [-0.15, -0.1) is 0 Å². The summed E-state index contributed by atoms with van der Waals surface area (Å²) in [7, 11) is 3.38. The minimum absolute atomic E-state index is 0.412. The lowest BCUT2D eigenvalue weighted by molar-refractivity contribution is 0.350. The van der Waals surface area contributed by atoms with Crippen molar-refractivity contribution in [2.45, 2.75) is 26.2 Å². The Labute approximate surface area is 137 Å². The average Bonchev–Trinajstić information content (AvgIpc) is 3.06. The third-order valence-electron chi connectivity index (χ3n) is 4.67. The second-order valence-electron chi connectivity index (χ2n) is 5.92. The summed E-state index contributed by atoms with van der Waals surface area (Å²) in [5.41, 5.74) is 3.40. The van der Waals surface area contributed by atoms with Crippen LogP contribution in [0.3, 0.4) is 0 Å². The molecule has 5 heteroatoms. The Morgan fingerprint density at radius 2 is 1.96 bits per heavy atom. The molecular formula is C18H23N3O2. The first-order chi connectivity index (χ1) is 11.2. The van der Waals surface area contributed by atoms with Gasteiger partial charge in [0.2, 0.25) is 0 Å². The molecule has 0 amide bonds. The Morgan fingerprint density at radius 3 is 2.70 bits per heavy atom. The van der Waals surface area contributed by atoms with Crippen molar-refractivity contribution in [1.29, 1.82) is 0 Å². The van der Waals surface area contributed by atoms with E-state index in [4.69, 9.17) is 9.47 Å². The molecule has 0 saturated carbocycles. The molecule has 1 aromatic carbocycles. The van der Waals surface area contributed by atoms with Gasteiger partial charge in [-0.1, -0.05) is 12.1 Å². The van der Waals surface area contributed by atoms with Crippen LogP contribution < -0.4 is 14.4 Å². The predicted molar refractivity (Wildman–Crippen MR) is 90.6 cm³/mol. The van der Waals surface area contributed by atoms with Crippen molar-refractivity contribution in [1.82, 2.24) is 9.97 Å². The van der Waals surface area contributed by atoms with Gasteiger partial charge in [-0.3, -0.25) is 0 Å². The van der Waals surface area contributed by atoms with E-state index in [9.17, 15) is 0 Å². The third-order valence-corrected chi connectivity index (χ3v) is 4.67. The largest absolute Gasteiger partial charge is 0.493 e. The van der Waals surface area contributed by atoms with Crippen LogP contribution in [-0.4, -0.2) is 37.3 Å². The quantitative estimate of drug-likeness (QED) is 0.868. The van der Waals surface area contributed by atoms with Crippen LogP contribution in [0, 0.1) is 13.8 Å². The SMILES string of the molecule is COc1cccc([C@H]2CCN(c3ncnc(C)c3C)C2)c1OC. The van der Waals surface area contributed by atoms with Gasteiger partial charge in [0.05, 0.1) is 14.2 Å². The highest BCUT2D eigenvalue weighted by Gasteiger charge is 2.29. The number of ether oxygens (including phenoxy) is 2. The average molecular weight is 313 g/mol. The first-order valence-electron chi connectivity index (χ1n) is 7.89. The smallest absolute Gasteiger partial charge is 0.164 e. The maximum Gasteiger partial charge on any atom is 0.164 e. The molecule has 0 spiro atoms. The lowest BCUT2D eigenvalue weighted by Crippen LogP contribution is -2.22. The fourth-order valence-electron chi connectivity index (χ4n) is 3.28. The van der Waals surface area contributed by atoms with E-state index in [2.05, 4.69) is 27.9 Å². The van der Waals surface area contributed by atoms with Gasteiger partial charge in [0.15, 0.2) is 11.5 Å². The zero-order valence-electron chi connectivity index (χ0n) is 14.2. The third kappa shape index (κ3) is 2.83. The zero-order chi connectivity index (χ0) is 16.4. The molecule has 1 fully saturated rings. The summed E-state index contributed by atoms with van der Waals surface area (Å²) in [4.78, 5) is 11.1. The van der Waals surface area contributed by atoms with Crippen LogP contribution in [0.4, 0.5) is 5.82 Å². The molecule has 1 atom stereocenters. The molecule has 1 aliphatic heterocycles. The van der Waals surface area contributed by atoms with Crippen LogP contribution in [0.1, 0.15) is 29.2 Å². The van der Waals surface area contributed by atoms with Crippen molar-refractivity contribution < 1.29 is 9.47 Å². The number of aryl methyl sites for hydroxylation is 1. The Bertz CT molecular complexity index is 703. The number of nitrogens with zero attached hydrogens (tertiary/aromatic N) is 3. The lowest BCUT2D eigenvalue weighted by Gasteiger charge is -2.21. The van der Waals surface area contributed by atoms with Gasteiger partial charge in [0, 0.05) is 35.8 Å². The van der Waals surface area contributed by atoms with Gasteiger partial charge in [-0.25, -0.2) is 9.97 Å². The Hall–Kier alpha value is -2.30. The summed E-state index contributed by atoms with van der Waals surface area (Å²) in [6.07, 6.45) is 2.73. The first kappa shape index (κ1) is 15.6. The highest BCUT2D eigenvalue weighted by atomic mass is 16.5. The van der Waals surface area contributed by atoms with Gasteiger partial charge in [0.1, 0.15) is 12.1 Å². The topological polar surface area (TPSA) is 47.5 Å².